The lowest BCUT2D eigenvalue weighted by Gasteiger charge is -2.15. The van der Waals surface area contributed by atoms with E-state index in [2.05, 4.69) is 0 Å². The molecule has 0 aromatic heterocycles. The zero-order valence-corrected chi connectivity index (χ0v) is 13.1. The molecule has 0 aliphatic rings. The fourth-order valence-electron chi connectivity index (χ4n) is 2.62. The molecule has 1 radical (unpaired) electrons. The molecule has 0 saturated heterocycles. The van der Waals surface area contributed by atoms with Crippen LogP contribution >= 0.6 is 0 Å². The van der Waals surface area contributed by atoms with Crippen LogP contribution < -0.4 is 0 Å². The molecule has 0 aliphatic carbocycles. The molecule has 0 amide bonds. The first-order valence-corrected chi connectivity index (χ1v) is 7.84. The maximum absolute atomic E-state index is 12.9. The van der Waals surface area contributed by atoms with Gasteiger partial charge in [0.15, 0.2) is 11.6 Å². The predicted octanol–water partition coefficient (Wildman–Crippen LogP) is 4.74. The van der Waals surface area contributed by atoms with Crippen molar-refractivity contribution in [2.75, 3.05) is 0 Å². The maximum atomic E-state index is 12.9. The predicted molar refractivity (Wildman–Crippen MR) is 95.0 cm³/mol. The van der Waals surface area contributed by atoms with Crippen LogP contribution in [0.5, 0.6) is 0 Å². The Balaban J connectivity index is 1.91. The van der Waals surface area contributed by atoms with Gasteiger partial charge in [-0.05, 0) is 5.56 Å². The third kappa shape index (κ3) is 3.66. The number of carbonyl (C=O) groups excluding carboxylic acids is 2. The zero-order valence-electron chi connectivity index (χ0n) is 13.1. The van der Waals surface area contributed by atoms with Crippen molar-refractivity contribution in [2.45, 2.75) is 5.92 Å². The smallest absolute Gasteiger partial charge is 0.171 e. The fraction of sp³-hybridized carbons (Fsp3) is 0.0455. The molecule has 24 heavy (non-hydrogen) atoms. The van der Waals surface area contributed by atoms with Crippen molar-refractivity contribution in [2.24, 2.45) is 0 Å². The van der Waals surface area contributed by atoms with Crippen LogP contribution in [0.4, 0.5) is 0 Å². The van der Waals surface area contributed by atoms with Crippen LogP contribution in [0.3, 0.4) is 0 Å². The van der Waals surface area contributed by atoms with Crippen molar-refractivity contribution in [3.05, 3.63) is 114 Å². The molecule has 0 aliphatic heterocycles. The topological polar surface area (TPSA) is 34.1 Å². The van der Waals surface area contributed by atoms with Crippen LogP contribution in [0.15, 0.2) is 91.0 Å². The first-order chi connectivity index (χ1) is 11.8. The summed E-state index contributed by atoms with van der Waals surface area (Å²) in [7, 11) is 0. The van der Waals surface area contributed by atoms with Gasteiger partial charge < -0.3 is 0 Å². The SMILES string of the molecule is O=C([CH]C(C(=O)c1ccccc1)c1ccccc1)c1ccccc1. The average Bonchev–Trinajstić information content (AvgIpc) is 2.67. The van der Waals surface area contributed by atoms with Crippen LogP contribution in [-0.2, 0) is 0 Å². The molecule has 0 N–H and O–H groups in total. The fourth-order valence-corrected chi connectivity index (χ4v) is 2.62. The normalized spacial score (nSPS) is 11.7. The Kier molecular flexibility index (Phi) is 4.97. The molecule has 2 heteroatoms. The molecular weight excluding hydrogens is 296 g/mol. The minimum Gasteiger partial charge on any atom is -0.294 e. The van der Waals surface area contributed by atoms with E-state index in [1.54, 1.807) is 24.3 Å². The van der Waals surface area contributed by atoms with Gasteiger partial charge in [0.25, 0.3) is 0 Å². The summed E-state index contributed by atoms with van der Waals surface area (Å²) < 4.78 is 0. The molecule has 3 rings (SSSR count). The van der Waals surface area contributed by atoms with Gasteiger partial charge in [-0.15, -0.1) is 0 Å². The summed E-state index contributed by atoms with van der Waals surface area (Å²) in [6, 6.07) is 27.5. The van der Waals surface area contributed by atoms with Crippen molar-refractivity contribution in [3.8, 4) is 0 Å². The van der Waals surface area contributed by atoms with Crippen LogP contribution in [0, 0.1) is 6.42 Å². The van der Waals surface area contributed by atoms with Gasteiger partial charge in [0.1, 0.15) is 0 Å². The highest BCUT2D eigenvalue weighted by Crippen LogP contribution is 2.25. The van der Waals surface area contributed by atoms with E-state index < -0.39 is 5.92 Å². The molecule has 2 nitrogen and oxygen atoms in total. The summed E-state index contributed by atoms with van der Waals surface area (Å²) in [5.41, 5.74) is 2.00. The molecule has 1 atom stereocenters. The van der Waals surface area contributed by atoms with Crippen LogP contribution in [-0.4, -0.2) is 11.6 Å². The molecule has 1 unspecified atom stereocenters. The third-order valence-corrected chi connectivity index (χ3v) is 3.88. The molecule has 0 saturated carbocycles. The second-order valence-electron chi connectivity index (χ2n) is 5.52. The minimum absolute atomic E-state index is 0.0777. The molecule has 0 bridgehead atoms. The van der Waals surface area contributed by atoms with Gasteiger partial charge >= 0.3 is 0 Å². The largest absolute Gasteiger partial charge is 0.294 e. The zero-order chi connectivity index (χ0) is 16.8. The van der Waals surface area contributed by atoms with Crippen LogP contribution in [0.1, 0.15) is 32.2 Å². The summed E-state index contributed by atoms with van der Waals surface area (Å²) >= 11 is 0. The van der Waals surface area contributed by atoms with Crippen molar-refractivity contribution in [1.29, 1.82) is 0 Å². The van der Waals surface area contributed by atoms with Crippen LogP contribution in [0.2, 0.25) is 0 Å². The van der Waals surface area contributed by atoms with E-state index in [9.17, 15) is 9.59 Å². The standard InChI is InChI=1S/C22H17O2/c23-21(18-12-6-2-7-13-18)16-20(17-10-4-1-5-11-17)22(24)19-14-8-3-9-15-19/h1-16,20H. The average molecular weight is 313 g/mol. The van der Waals surface area contributed by atoms with E-state index in [4.69, 9.17) is 0 Å². The lowest BCUT2D eigenvalue weighted by Crippen LogP contribution is -2.18. The van der Waals surface area contributed by atoms with Crippen molar-refractivity contribution < 1.29 is 9.59 Å². The molecule has 0 heterocycles. The lowest BCUT2D eigenvalue weighted by atomic mass is 9.85. The number of ketones is 2. The third-order valence-electron chi connectivity index (χ3n) is 3.88. The van der Waals surface area contributed by atoms with E-state index in [-0.39, 0.29) is 11.6 Å². The molecular formula is C22H17O2. The summed E-state index contributed by atoms with van der Waals surface area (Å²) in [6.07, 6.45) is 1.51. The second kappa shape index (κ2) is 7.51. The first kappa shape index (κ1) is 15.9. The van der Waals surface area contributed by atoms with Crippen LogP contribution in [0.25, 0.3) is 0 Å². The van der Waals surface area contributed by atoms with E-state index in [1.165, 1.54) is 6.42 Å². The number of hydrogen-bond donors (Lipinski definition) is 0. The van der Waals surface area contributed by atoms with Gasteiger partial charge in [0, 0.05) is 17.5 Å². The summed E-state index contributed by atoms with van der Waals surface area (Å²) in [4.78, 5) is 25.5. The quantitative estimate of drug-likeness (QED) is 0.616. The highest BCUT2D eigenvalue weighted by Gasteiger charge is 2.25. The Morgan fingerprint density at radius 2 is 1.08 bits per heavy atom. The summed E-state index contributed by atoms with van der Waals surface area (Å²) in [5, 5.41) is 0. The van der Waals surface area contributed by atoms with Gasteiger partial charge in [0.2, 0.25) is 0 Å². The van der Waals surface area contributed by atoms with E-state index >= 15 is 0 Å². The van der Waals surface area contributed by atoms with E-state index in [0.29, 0.717) is 11.1 Å². The highest BCUT2D eigenvalue weighted by molar-refractivity contribution is 6.10. The van der Waals surface area contributed by atoms with E-state index in [0.717, 1.165) is 5.56 Å². The number of carbonyl (C=O) groups is 2. The Hall–Kier alpha value is -3.00. The molecule has 0 spiro atoms. The van der Waals surface area contributed by atoms with E-state index in [1.807, 2.05) is 66.7 Å². The number of rotatable bonds is 6. The van der Waals surface area contributed by atoms with Gasteiger partial charge in [-0.1, -0.05) is 91.0 Å². The highest BCUT2D eigenvalue weighted by atomic mass is 16.1. The summed E-state index contributed by atoms with van der Waals surface area (Å²) in [6.45, 7) is 0. The Labute approximate surface area is 141 Å². The van der Waals surface area contributed by atoms with Gasteiger partial charge in [-0.2, -0.15) is 0 Å². The Morgan fingerprint density at radius 3 is 1.62 bits per heavy atom. The van der Waals surface area contributed by atoms with Gasteiger partial charge in [0.05, 0.1) is 5.92 Å². The minimum atomic E-state index is -0.596. The lowest BCUT2D eigenvalue weighted by molar-refractivity contribution is 0.0936. The molecule has 0 fully saturated rings. The summed E-state index contributed by atoms with van der Waals surface area (Å²) in [5.74, 6) is -0.818. The van der Waals surface area contributed by atoms with Crippen molar-refractivity contribution in [3.63, 3.8) is 0 Å². The number of hydrogen-bond acceptors (Lipinski definition) is 2. The number of Topliss-reactive ketones (excluding diaryl/α,β-unsaturated/α-hetero) is 2. The first-order valence-electron chi connectivity index (χ1n) is 7.84. The maximum Gasteiger partial charge on any atom is 0.171 e. The Bertz CT molecular complexity index is 808. The van der Waals surface area contributed by atoms with Crippen molar-refractivity contribution >= 4 is 11.6 Å². The monoisotopic (exact) mass is 313 g/mol. The van der Waals surface area contributed by atoms with Gasteiger partial charge in [-0.25, -0.2) is 0 Å². The molecule has 3 aromatic rings. The molecule has 117 valence electrons. The Morgan fingerprint density at radius 1 is 0.625 bits per heavy atom. The van der Waals surface area contributed by atoms with Gasteiger partial charge in [-0.3, -0.25) is 9.59 Å². The van der Waals surface area contributed by atoms with Crippen molar-refractivity contribution in [1.82, 2.24) is 0 Å². The number of benzene rings is 3. The second-order valence-corrected chi connectivity index (χ2v) is 5.52. The molecule has 3 aromatic carbocycles.